The molecule has 1 unspecified atom stereocenters. The van der Waals surface area contributed by atoms with Gasteiger partial charge in [0.1, 0.15) is 17.3 Å². The third kappa shape index (κ3) is 3.45. The maximum absolute atomic E-state index is 13.5. The summed E-state index contributed by atoms with van der Waals surface area (Å²) in [5, 5.41) is 9.62. The minimum Gasteiger partial charge on any atom is -0.495 e. The molecular weight excluding hydrogens is 387 g/mol. The first-order chi connectivity index (χ1) is 14.5. The Bertz CT molecular complexity index is 1000. The Labute approximate surface area is 174 Å². The van der Waals surface area contributed by atoms with E-state index in [2.05, 4.69) is 0 Å². The molecule has 0 saturated carbocycles. The number of piperidine rings is 1. The standard InChI is InChI=1S/C23H23FN2O4/c1-30-19-7-3-2-6-18(19)26-22(28)20(16-8-10-17(24)11-9-16)21(23(26)29)25-12-4-5-15(13-25)14-27/h2-3,6-11,15,27H,4-5,12-14H2,1H3. The normalized spacial score (nSPS) is 19.6. The third-order valence-electron chi connectivity index (χ3n) is 5.61. The predicted molar refractivity (Wildman–Crippen MR) is 110 cm³/mol. The van der Waals surface area contributed by atoms with Crippen LogP contribution in [0, 0.1) is 11.7 Å². The van der Waals surface area contributed by atoms with E-state index in [0.29, 0.717) is 30.1 Å². The molecule has 0 aliphatic carbocycles. The van der Waals surface area contributed by atoms with E-state index in [0.717, 1.165) is 17.7 Å². The van der Waals surface area contributed by atoms with E-state index in [1.807, 2.05) is 4.90 Å². The molecule has 7 heteroatoms. The molecular formula is C23H23FN2O4. The highest BCUT2D eigenvalue weighted by Crippen LogP contribution is 2.39. The summed E-state index contributed by atoms with van der Waals surface area (Å²) in [5.41, 5.74) is 1.37. The lowest BCUT2D eigenvalue weighted by Gasteiger charge is -2.34. The van der Waals surface area contributed by atoms with Crippen LogP contribution in [0.2, 0.25) is 0 Å². The number of benzene rings is 2. The molecule has 1 atom stereocenters. The van der Waals surface area contributed by atoms with Crippen LogP contribution in [0.4, 0.5) is 10.1 Å². The summed E-state index contributed by atoms with van der Waals surface area (Å²) >= 11 is 0. The zero-order chi connectivity index (χ0) is 21.3. The van der Waals surface area contributed by atoms with Crippen LogP contribution in [-0.4, -0.2) is 48.6 Å². The molecule has 2 aromatic rings. The van der Waals surface area contributed by atoms with Gasteiger partial charge in [-0.2, -0.15) is 0 Å². The van der Waals surface area contributed by atoms with Gasteiger partial charge in [-0.25, -0.2) is 9.29 Å². The number of amides is 2. The van der Waals surface area contributed by atoms with Gasteiger partial charge in [-0.15, -0.1) is 0 Å². The minimum atomic E-state index is -0.475. The van der Waals surface area contributed by atoms with E-state index in [-0.39, 0.29) is 23.8 Å². The van der Waals surface area contributed by atoms with Gasteiger partial charge in [-0.1, -0.05) is 24.3 Å². The number of ether oxygens (including phenoxy) is 1. The second-order valence-electron chi connectivity index (χ2n) is 7.48. The number of aliphatic hydroxyl groups is 1. The fourth-order valence-electron chi connectivity index (χ4n) is 4.14. The summed E-state index contributed by atoms with van der Waals surface area (Å²) in [6.45, 7) is 1.11. The average Bonchev–Trinajstić information content (AvgIpc) is 3.04. The SMILES string of the molecule is COc1ccccc1N1C(=O)C(c2ccc(F)cc2)=C(N2CCCC(CO)C2)C1=O. The number of likely N-dealkylation sites (tertiary alicyclic amines) is 1. The van der Waals surface area contributed by atoms with Crippen molar-refractivity contribution in [3.05, 3.63) is 65.6 Å². The summed E-state index contributed by atoms with van der Waals surface area (Å²) < 4.78 is 18.9. The lowest BCUT2D eigenvalue weighted by molar-refractivity contribution is -0.120. The number of para-hydroxylation sites is 2. The zero-order valence-corrected chi connectivity index (χ0v) is 16.7. The summed E-state index contributed by atoms with van der Waals surface area (Å²) in [5.74, 6) is -0.896. The molecule has 4 rings (SSSR count). The number of methoxy groups -OCH3 is 1. The molecule has 0 bridgehead atoms. The Morgan fingerprint density at radius 3 is 2.53 bits per heavy atom. The lowest BCUT2D eigenvalue weighted by atomic mass is 9.97. The van der Waals surface area contributed by atoms with Gasteiger partial charge in [0.05, 0.1) is 18.4 Å². The van der Waals surface area contributed by atoms with Crippen LogP contribution in [0.3, 0.4) is 0 Å². The van der Waals surface area contributed by atoms with Crippen molar-refractivity contribution in [3.8, 4) is 5.75 Å². The fourth-order valence-corrected chi connectivity index (χ4v) is 4.14. The van der Waals surface area contributed by atoms with E-state index < -0.39 is 17.6 Å². The van der Waals surface area contributed by atoms with Gasteiger partial charge >= 0.3 is 0 Å². The largest absolute Gasteiger partial charge is 0.495 e. The maximum atomic E-state index is 13.5. The third-order valence-corrected chi connectivity index (χ3v) is 5.61. The van der Waals surface area contributed by atoms with Crippen molar-refractivity contribution in [2.75, 3.05) is 31.7 Å². The second-order valence-corrected chi connectivity index (χ2v) is 7.48. The smallest absolute Gasteiger partial charge is 0.282 e. The highest BCUT2D eigenvalue weighted by atomic mass is 19.1. The van der Waals surface area contributed by atoms with Gasteiger partial charge in [-0.3, -0.25) is 9.59 Å². The van der Waals surface area contributed by atoms with Gasteiger partial charge in [0.2, 0.25) is 0 Å². The number of hydrogen-bond acceptors (Lipinski definition) is 5. The molecule has 0 aromatic heterocycles. The number of halogens is 1. The van der Waals surface area contributed by atoms with Gasteiger partial charge in [-0.05, 0) is 48.6 Å². The molecule has 2 heterocycles. The predicted octanol–water partition coefficient (Wildman–Crippen LogP) is 2.82. The minimum absolute atomic E-state index is 0.0218. The van der Waals surface area contributed by atoms with Gasteiger partial charge < -0.3 is 14.7 Å². The topological polar surface area (TPSA) is 70.1 Å². The molecule has 1 saturated heterocycles. The van der Waals surface area contributed by atoms with E-state index >= 15 is 0 Å². The number of anilines is 1. The highest BCUT2D eigenvalue weighted by Gasteiger charge is 2.44. The van der Waals surface area contributed by atoms with Crippen LogP contribution >= 0.6 is 0 Å². The van der Waals surface area contributed by atoms with E-state index in [1.165, 1.54) is 31.4 Å². The number of nitrogens with zero attached hydrogens (tertiary/aromatic N) is 2. The zero-order valence-electron chi connectivity index (χ0n) is 16.7. The molecule has 0 spiro atoms. The van der Waals surface area contributed by atoms with E-state index in [1.54, 1.807) is 24.3 Å². The first-order valence-electron chi connectivity index (χ1n) is 9.93. The molecule has 2 aliphatic heterocycles. The molecule has 2 aromatic carbocycles. The van der Waals surface area contributed by atoms with Crippen molar-refractivity contribution < 1.29 is 23.8 Å². The van der Waals surface area contributed by atoms with Crippen molar-refractivity contribution >= 4 is 23.1 Å². The first kappa shape index (κ1) is 20.1. The van der Waals surface area contributed by atoms with Crippen LogP contribution in [0.15, 0.2) is 54.2 Å². The Balaban J connectivity index is 1.83. The van der Waals surface area contributed by atoms with Gasteiger partial charge in [0.25, 0.3) is 11.8 Å². The molecule has 6 nitrogen and oxygen atoms in total. The van der Waals surface area contributed by atoms with Gasteiger partial charge in [0, 0.05) is 19.7 Å². The maximum Gasteiger partial charge on any atom is 0.282 e. The molecule has 2 amide bonds. The molecule has 2 aliphatic rings. The van der Waals surface area contributed by atoms with Crippen molar-refractivity contribution in [1.82, 2.24) is 4.90 Å². The molecule has 156 valence electrons. The average molecular weight is 410 g/mol. The number of carbonyl (C=O) groups excluding carboxylic acids is 2. The summed E-state index contributed by atoms with van der Waals surface area (Å²) in [6, 6.07) is 12.4. The highest BCUT2D eigenvalue weighted by molar-refractivity contribution is 6.45. The summed E-state index contributed by atoms with van der Waals surface area (Å²) in [7, 11) is 1.48. The molecule has 1 fully saturated rings. The van der Waals surface area contributed by atoms with E-state index in [4.69, 9.17) is 4.74 Å². The van der Waals surface area contributed by atoms with Crippen LogP contribution in [0.5, 0.6) is 5.75 Å². The van der Waals surface area contributed by atoms with Crippen molar-refractivity contribution in [3.63, 3.8) is 0 Å². The van der Waals surface area contributed by atoms with Crippen molar-refractivity contribution in [1.29, 1.82) is 0 Å². The Kier molecular flexibility index (Phi) is 5.55. The van der Waals surface area contributed by atoms with Crippen LogP contribution in [0.25, 0.3) is 5.57 Å². The number of aliphatic hydroxyl groups excluding tert-OH is 1. The molecule has 1 N–H and O–H groups in total. The first-order valence-corrected chi connectivity index (χ1v) is 9.93. The number of rotatable bonds is 5. The summed E-state index contributed by atoms with van der Waals surface area (Å²) in [6.07, 6.45) is 1.67. The van der Waals surface area contributed by atoms with Crippen molar-refractivity contribution in [2.45, 2.75) is 12.8 Å². The van der Waals surface area contributed by atoms with Crippen LogP contribution < -0.4 is 9.64 Å². The van der Waals surface area contributed by atoms with Crippen LogP contribution in [-0.2, 0) is 9.59 Å². The number of hydrogen-bond donors (Lipinski definition) is 1. The number of carbonyl (C=O) groups is 2. The number of imide groups is 1. The van der Waals surface area contributed by atoms with Gasteiger partial charge in [0.15, 0.2) is 0 Å². The molecule has 30 heavy (non-hydrogen) atoms. The molecule has 0 radical (unpaired) electrons. The fraction of sp³-hybridized carbons (Fsp3) is 0.304. The monoisotopic (exact) mass is 410 g/mol. The second kappa shape index (κ2) is 8.28. The summed E-state index contributed by atoms with van der Waals surface area (Å²) in [4.78, 5) is 30.0. The lowest BCUT2D eigenvalue weighted by Crippen LogP contribution is -2.40. The quantitative estimate of drug-likeness (QED) is 0.768. The Morgan fingerprint density at radius 1 is 1.10 bits per heavy atom. The van der Waals surface area contributed by atoms with Crippen LogP contribution in [0.1, 0.15) is 18.4 Å². The Hall–Kier alpha value is -3.19. The van der Waals surface area contributed by atoms with E-state index in [9.17, 15) is 19.1 Å². The Morgan fingerprint density at radius 2 is 1.83 bits per heavy atom. The van der Waals surface area contributed by atoms with Crippen molar-refractivity contribution in [2.24, 2.45) is 5.92 Å².